The molecule has 18 heteroatoms. The average Bonchev–Trinajstić information content (AvgIpc) is 0.903. The third-order valence-electron chi connectivity index (χ3n) is 16.3. The number of aliphatic hydroxyl groups excluding tert-OH is 2. The molecule has 0 aliphatic heterocycles. The molecule has 0 bridgehead atoms. The van der Waals surface area contributed by atoms with Gasteiger partial charge in [0.2, 0.25) is 0 Å². The predicted molar refractivity (Wildman–Crippen MR) is 444 cm³/mol. The topological polar surface area (TPSA) is 231 Å². The Labute approximate surface area is 648 Å². The molecule has 0 saturated heterocycles. The highest BCUT2D eigenvalue weighted by molar-refractivity contribution is 7.47. The second kappa shape index (κ2) is 79.9. The molecule has 16 nitrogen and oxygen atoms in total. The van der Waals surface area contributed by atoms with E-state index in [0.717, 1.165) is 212 Å². The van der Waals surface area contributed by atoms with Crippen molar-refractivity contribution in [3.63, 3.8) is 0 Å². The Balaban J connectivity index is 4.72. The summed E-state index contributed by atoms with van der Waals surface area (Å²) in [6.45, 7) is 2.28. The molecular weight excluding hydrogens is 1390 g/mol. The van der Waals surface area contributed by atoms with E-state index in [0.29, 0.717) is 19.3 Å². The van der Waals surface area contributed by atoms with Crippen LogP contribution in [0.1, 0.15) is 290 Å². The van der Waals surface area contributed by atoms with Gasteiger partial charge in [-0.3, -0.25) is 32.5 Å². The maximum absolute atomic E-state index is 13.0. The number of hydrogen-bond acceptors (Lipinski definition) is 14. The fourth-order valence-electron chi connectivity index (χ4n) is 10.2. The van der Waals surface area contributed by atoms with Crippen molar-refractivity contribution in [2.45, 2.75) is 309 Å². The third-order valence-corrected chi connectivity index (χ3v) is 18.2. The predicted octanol–water partition coefficient (Wildman–Crippen LogP) is 24.3. The third kappa shape index (κ3) is 81.2. The highest BCUT2D eigenvalue weighted by Crippen LogP contribution is 2.45. The molecule has 0 aromatic heterocycles. The number of phosphoric acid groups is 2. The van der Waals surface area contributed by atoms with Crippen molar-refractivity contribution < 1.29 is 75.8 Å². The molecule has 5 atom stereocenters. The first kappa shape index (κ1) is 101. The standard InChI is InChI=1S/C89H144O16P2/c1-4-7-10-13-16-19-22-25-28-31-34-37-39-40-41-42-44-47-48-51-54-57-60-63-66-69-72-75-87(92)99-78-84(90)79-101-106(95,96)102-80-85(91)81-103-107(97,98)104-83-86(105-89(94)77-74-71-68-65-62-59-56-53-50-45-36-33-30-27-24-21-18-15-12-9-6-3)82-100-88(93)76-73-70-67-64-61-58-55-52-49-46-43-38-35-32-29-26-23-20-17-14-11-8-5-2/h7-12,16-21,25-30,34-38,40-41,44-47,49,53,56,84-86,90-91H,4-6,13-15,22-24,31-33,39,42-43,48,50-52,54-55,57-83H2,1-3H3,(H,95,96)(H,97,98)/b10-7-,11-8-,12-9-,19-16-,20-17-,21-18-,28-25-,29-26-,30-27-,37-34-,38-35-,41-40-,45-36-,47-44-,49-46-,56-53-. The number of carbonyl (C=O) groups is 3. The fourth-order valence-corrected chi connectivity index (χ4v) is 11.8. The molecule has 0 aliphatic carbocycles. The van der Waals surface area contributed by atoms with Gasteiger partial charge in [-0.05, 0) is 161 Å². The van der Waals surface area contributed by atoms with Crippen LogP contribution in [0.25, 0.3) is 0 Å². The molecule has 0 fully saturated rings. The van der Waals surface area contributed by atoms with E-state index in [-0.39, 0.29) is 19.3 Å². The minimum absolute atomic E-state index is 0.0717. The van der Waals surface area contributed by atoms with Gasteiger partial charge in [0.05, 0.1) is 26.4 Å². The number of hydrogen-bond donors (Lipinski definition) is 4. The molecule has 0 heterocycles. The zero-order chi connectivity index (χ0) is 78.0. The average molecular weight is 1530 g/mol. The van der Waals surface area contributed by atoms with Crippen LogP contribution in [-0.2, 0) is 55.8 Å². The number of unbranched alkanes of at least 4 members (excludes halogenated alkanes) is 20. The summed E-state index contributed by atoms with van der Waals surface area (Å²) < 4.78 is 61.2. The molecule has 4 N–H and O–H groups in total. The van der Waals surface area contributed by atoms with Crippen LogP contribution in [0.2, 0.25) is 0 Å². The zero-order valence-corrected chi connectivity index (χ0v) is 68.0. The smallest absolute Gasteiger partial charge is 0.463 e. The largest absolute Gasteiger partial charge is 0.472 e. The molecule has 0 amide bonds. The van der Waals surface area contributed by atoms with E-state index in [1.807, 2.05) is 0 Å². The monoisotopic (exact) mass is 1530 g/mol. The lowest BCUT2D eigenvalue weighted by molar-refractivity contribution is -0.161. The molecule has 0 rings (SSSR count). The molecule has 107 heavy (non-hydrogen) atoms. The summed E-state index contributed by atoms with van der Waals surface area (Å²) in [6, 6.07) is 0. The van der Waals surface area contributed by atoms with Crippen molar-refractivity contribution in [1.82, 2.24) is 0 Å². The van der Waals surface area contributed by atoms with Crippen molar-refractivity contribution in [1.29, 1.82) is 0 Å². The van der Waals surface area contributed by atoms with Crippen LogP contribution in [0.3, 0.4) is 0 Å². The molecule has 0 spiro atoms. The van der Waals surface area contributed by atoms with Crippen LogP contribution in [0, 0.1) is 0 Å². The lowest BCUT2D eigenvalue weighted by atomic mass is 10.1. The molecule has 0 aromatic rings. The van der Waals surface area contributed by atoms with Gasteiger partial charge in [0.15, 0.2) is 6.10 Å². The maximum Gasteiger partial charge on any atom is 0.472 e. The normalized spacial score (nSPS) is 14.9. The van der Waals surface area contributed by atoms with Crippen LogP contribution in [0.15, 0.2) is 194 Å². The quantitative estimate of drug-likeness (QED) is 0.0146. The van der Waals surface area contributed by atoms with Crippen molar-refractivity contribution in [2.24, 2.45) is 0 Å². The Bertz CT molecular complexity index is 2720. The molecular formula is C89H144O16P2. The van der Waals surface area contributed by atoms with Crippen LogP contribution in [0.5, 0.6) is 0 Å². The van der Waals surface area contributed by atoms with Crippen LogP contribution >= 0.6 is 15.6 Å². The van der Waals surface area contributed by atoms with E-state index in [2.05, 4.69) is 215 Å². The number of rotatable bonds is 75. The molecule has 606 valence electrons. The van der Waals surface area contributed by atoms with Gasteiger partial charge in [-0.15, -0.1) is 0 Å². The van der Waals surface area contributed by atoms with E-state index >= 15 is 0 Å². The van der Waals surface area contributed by atoms with E-state index in [4.69, 9.17) is 32.3 Å². The SMILES string of the molecule is CC/C=C\C/C=C\C/C=C\C/C=C\C/C=C\C/C=C\CCCCCCCCCCC(=O)OCC(O)COP(=O)(O)OCC(O)COP(=O)(O)OCC(COC(=O)CCCCCCCCC/C=C\C/C=C\C/C=C\C/C=C\C/C=C\CC)OC(=O)CCCCCCC/C=C\C/C=C\C/C=C\C/C=C\C/C=C\CC. The first-order valence-corrected chi connectivity index (χ1v) is 43.7. The highest BCUT2D eigenvalue weighted by atomic mass is 31.2. The van der Waals surface area contributed by atoms with Gasteiger partial charge in [-0.2, -0.15) is 0 Å². The second-order valence-corrected chi connectivity index (χ2v) is 29.3. The maximum atomic E-state index is 13.0. The van der Waals surface area contributed by atoms with Gasteiger partial charge in [0.25, 0.3) is 0 Å². The van der Waals surface area contributed by atoms with E-state index in [1.54, 1.807) is 0 Å². The Kier molecular flexibility index (Phi) is 75.7. The van der Waals surface area contributed by atoms with Crippen molar-refractivity contribution >= 4 is 33.6 Å². The summed E-state index contributed by atoms with van der Waals surface area (Å²) in [5, 5.41) is 20.7. The molecule has 5 unspecified atom stereocenters. The second-order valence-electron chi connectivity index (χ2n) is 26.4. The first-order valence-electron chi connectivity index (χ1n) is 40.7. The zero-order valence-electron chi connectivity index (χ0n) is 66.2. The van der Waals surface area contributed by atoms with E-state index in [9.17, 15) is 43.5 Å². The number of allylic oxidation sites excluding steroid dienone is 32. The van der Waals surface area contributed by atoms with E-state index in [1.165, 1.54) is 19.3 Å². The number of carbonyl (C=O) groups excluding carboxylic acids is 3. The number of aliphatic hydroxyl groups is 2. The molecule has 0 saturated carbocycles. The van der Waals surface area contributed by atoms with Crippen LogP contribution in [-0.4, -0.2) is 95.9 Å². The summed E-state index contributed by atoms with van der Waals surface area (Å²) in [7, 11) is -9.83. The Morgan fingerprint density at radius 3 is 0.738 bits per heavy atom. The Morgan fingerprint density at radius 1 is 0.262 bits per heavy atom. The number of esters is 3. The van der Waals surface area contributed by atoms with Gasteiger partial charge >= 0.3 is 33.6 Å². The molecule has 0 aliphatic rings. The molecule has 0 aromatic carbocycles. The van der Waals surface area contributed by atoms with Gasteiger partial charge in [0.1, 0.15) is 25.4 Å². The van der Waals surface area contributed by atoms with Crippen molar-refractivity contribution in [3.05, 3.63) is 194 Å². The fraction of sp³-hybridized carbons (Fsp3) is 0.607. The lowest BCUT2D eigenvalue weighted by Gasteiger charge is -2.21. The van der Waals surface area contributed by atoms with Crippen molar-refractivity contribution in [3.8, 4) is 0 Å². The number of phosphoric ester groups is 2. The summed E-state index contributed by atoms with van der Waals surface area (Å²) in [5.74, 6) is -1.63. The Hall–Kier alpha value is -5.61. The Morgan fingerprint density at radius 2 is 0.467 bits per heavy atom. The van der Waals surface area contributed by atoms with Crippen LogP contribution in [0.4, 0.5) is 0 Å². The summed E-state index contributed by atoms with van der Waals surface area (Å²) in [4.78, 5) is 58.8. The molecule has 0 radical (unpaired) electrons. The summed E-state index contributed by atoms with van der Waals surface area (Å²) in [5.41, 5.74) is 0. The van der Waals surface area contributed by atoms with Crippen molar-refractivity contribution in [2.75, 3.05) is 39.6 Å². The van der Waals surface area contributed by atoms with Gasteiger partial charge in [-0.1, -0.05) is 305 Å². The lowest BCUT2D eigenvalue weighted by Crippen LogP contribution is -2.30. The minimum atomic E-state index is -4.95. The van der Waals surface area contributed by atoms with Crippen LogP contribution < -0.4 is 0 Å². The van der Waals surface area contributed by atoms with E-state index < -0.39 is 91.5 Å². The highest BCUT2D eigenvalue weighted by Gasteiger charge is 2.29. The minimum Gasteiger partial charge on any atom is -0.463 e. The van der Waals surface area contributed by atoms with Gasteiger partial charge in [-0.25, -0.2) is 9.13 Å². The number of ether oxygens (including phenoxy) is 3. The summed E-state index contributed by atoms with van der Waals surface area (Å²) in [6.07, 6.45) is 105. The first-order chi connectivity index (χ1) is 52.2. The van der Waals surface area contributed by atoms with Gasteiger partial charge < -0.3 is 34.2 Å². The van der Waals surface area contributed by atoms with Gasteiger partial charge in [0, 0.05) is 19.3 Å². The summed E-state index contributed by atoms with van der Waals surface area (Å²) >= 11 is 0.